The molecular formula is C4H5Br2N3O. The molecule has 0 saturated carbocycles. The molecule has 0 aliphatic rings. The average Bonchev–Trinajstić information content (AvgIpc) is 2.14. The molecule has 0 saturated heterocycles. The van der Waals surface area contributed by atoms with Gasteiger partial charge in [-0.25, -0.2) is 0 Å². The Hall–Kier alpha value is 0.0600. The van der Waals surface area contributed by atoms with Crippen molar-refractivity contribution in [2.75, 3.05) is 7.11 Å². The quantitative estimate of drug-likeness (QED) is 0.816. The molecule has 56 valence electrons. The standard InChI is InChI=1S/C4H5Br2N3O/c1-10-2-9-7-3(5)4(6)8-9/h2H2,1H3. The third-order valence-electron chi connectivity index (χ3n) is 0.821. The molecule has 0 bridgehead atoms. The van der Waals surface area contributed by atoms with Gasteiger partial charge in [0.05, 0.1) is 0 Å². The first-order valence-electron chi connectivity index (χ1n) is 2.49. The van der Waals surface area contributed by atoms with Crippen LogP contribution >= 0.6 is 31.9 Å². The van der Waals surface area contributed by atoms with Gasteiger partial charge in [-0.2, -0.15) is 4.80 Å². The number of ether oxygens (including phenoxy) is 1. The van der Waals surface area contributed by atoms with Crippen LogP contribution in [0.3, 0.4) is 0 Å². The Morgan fingerprint density at radius 3 is 2.30 bits per heavy atom. The van der Waals surface area contributed by atoms with E-state index in [0.29, 0.717) is 15.9 Å². The van der Waals surface area contributed by atoms with Crippen molar-refractivity contribution in [1.29, 1.82) is 0 Å². The van der Waals surface area contributed by atoms with Gasteiger partial charge in [0.25, 0.3) is 0 Å². The van der Waals surface area contributed by atoms with Crippen molar-refractivity contribution in [1.82, 2.24) is 15.0 Å². The Morgan fingerprint density at radius 1 is 1.40 bits per heavy atom. The minimum Gasteiger partial charge on any atom is -0.361 e. The summed E-state index contributed by atoms with van der Waals surface area (Å²) < 4.78 is 6.16. The smallest absolute Gasteiger partial charge is 0.162 e. The molecule has 1 aromatic heterocycles. The Morgan fingerprint density at radius 2 is 1.90 bits per heavy atom. The molecule has 10 heavy (non-hydrogen) atoms. The number of nitrogens with zero attached hydrogens (tertiary/aromatic N) is 3. The van der Waals surface area contributed by atoms with Gasteiger partial charge in [0, 0.05) is 7.11 Å². The van der Waals surface area contributed by atoms with Crippen LogP contribution in [0.1, 0.15) is 0 Å². The lowest BCUT2D eigenvalue weighted by Crippen LogP contribution is -2.03. The summed E-state index contributed by atoms with van der Waals surface area (Å²) in [5.41, 5.74) is 0. The molecular weight excluding hydrogens is 266 g/mol. The molecule has 0 aliphatic carbocycles. The van der Waals surface area contributed by atoms with Crippen LogP contribution in [0, 0.1) is 0 Å². The molecule has 0 amide bonds. The molecule has 4 nitrogen and oxygen atoms in total. The fourth-order valence-corrected chi connectivity index (χ4v) is 1.01. The van der Waals surface area contributed by atoms with E-state index in [0.717, 1.165) is 0 Å². The van der Waals surface area contributed by atoms with Gasteiger partial charge in [0.15, 0.2) is 15.9 Å². The van der Waals surface area contributed by atoms with Crippen LogP contribution in [0.4, 0.5) is 0 Å². The Kier molecular flexibility index (Phi) is 2.82. The van der Waals surface area contributed by atoms with E-state index in [1.165, 1.54) is 4.80 Å². The van der Waals surface area contributed by atoms with Crippen molar-refractivity contribution in [3.8, 4) is 0 Å². The van der Waals surface area contributed by atoms with Crippen LogP contribution in [0.15, 0.2) is 9.21 Å². The summed E-state index contributed by atoms with van der Waals surface area (Å²) in [6.45, 7) is 0.365. The lowest BCUT2D eigenvalue weighted by molar-refractivity contribution is 0.108. The Labute approximate surface area is 74.8 Å². The average molecular weight is 271 g/mol. The third kappa shape index (κ3) is 1.77. The lowest BCUT2D eigenvalue weighted by atomic mass is 11.0. The summed E-state index contributed by atoms with van der Waals surface area (Å²) in [6.07, 6.45) is 0. The van der Waals surface area contributed by atoms with Crippen LogP contribution in [-0.4, -0.2) is 22.1 Å². The fourth-order valence-electron chi connectivity index (χ4n) is 0.481. The second-order valence-corrected chi connectivity index (χ2v) is 3.07. The van der Waals surface area contributed by atoms with Crippen molar-refractivity contribution >= 4 is 31.9 Å². The summed E-state index contributed by atoms with van der Waals surface area (Å²) in [5.74, 6) is 0. The summed E-state index contributed by atoms with van der Waals surface area (Å²) in [4.78, 5) is 1.44. The number of methoxy groups -OCH3 is 1. The molecule has 1 aromatic rings. The van der Waals surface area contributed by atoms with E-state index in [-0.39, 0.29) is 0 Å². The van der Waals surface area contributed by atoms with Crippen LogP contribution in [0.5, 0.6) is 0 Å². The molecule has 0 aliphatic heterocycles. The number of aromatic nitrogens is 3. The molecule has 6 heteroatoms. The molecule has 0 aromatic carbocycles. The molecule has 0 fully saturated rings. The Bertz CT molecular complexity index is 205. The van der Waals surface area contributed by atoms with Gasteiger partial charge in [0.1, 0.15) is 0 Å². The Balaban J connectivity index is 2.77. The number of halogens is 2. The first kappa shape index (κ1) is 8.16. The van der Waals surface area contributed by atoms with Gasteiger partial charge in [-0.05, 0) is 31.9 Å². The predicted molar refractivity (Wildman–Crippen MR) is 42.4 cm³/mol. The molecule has 1 heterocycles. The highest BCUT2D eigenvalue weighted by atomic mass is 79.9. The zero-order valence-corrected chi connectivity index (χ0v) is 8.38. The van der Waals surface area contributed by atoms with Gasteiger partial charge in [-0.3, -0.25) is 0 Å². The van der Waals surface area contributed by atoms with Crippen LogP contribution in [-0.2, 0) is 11.5 Å². The highest BCUT2D eigenvalue weighted by Crippen LogP contribution is 2.16. The summed E-state index contributed by atoms with van der Waals surface area (Å²) >= 11 is 6.38. The molecule has 0 radical (unpaired) electrons. The maximum absolute atomic E-state index is 4.79. The molecule has 1 rings (SSSR count). The largest absolute Gasteiger partial charge is 0.361 e. The normalized spacial score (nSPS) is 10.3. The minimum atomic E-state index is 0.365. The first-order chi connectivity index (χ1) is 4.74. The van der Waals surface area contributed by atoms with E-state index in [2.05, 4.69) is 42.1 Å². The van der Waals surface area contributed by atoms with Gasteiger partial charge in [0.2, 0.25) is 0 Å². The zero-order valence-electron chi connectivity index (χ0n) is 5.21. The molecule has 0 atom stereocenters. The van der Waals surface area contributed by atoms with Gasteiger partial charge in [-0.15, -0.1) is 10.2 Å². The first-order valence-corrected chi connectivity index (χ1v) is 4.07. The minimum absolute atomic E-state index is 0.365. The lowest BCUT2D eigenvalue weighted by Gasteiger charge is -1.92. The molecule has 0 N–H and O–H groups in total. The van der Waals surface area contributed by atoms with Gasteiger partial charge in [-0.1, -0.05) is 0 Å². The van der Waals surface area contributed by atoms with Crippen LogP contribution in [0.25, 0.3) is 0 Å². The van der Waals surface area contributed by atoms with Gasteiger partial charge < -0.3 is 4.74 Å². The van der Waals surface area contributed by atoms with Crippen LogP contribution in [0.2, 0.25) is 0 Å². The summed E-state index contributed by atoms with van der Waals surface area (Å²) in [6, 6.07) is 0. The number of hydrogen-bond donors (Lipinski definition) is 0. The van der Waals surface area contributed by atoms with E-state index in [9.17, 15) is 0 Å². The fraction of sp³-hybridized carbons (Fsp3) is 0.500. The maximum Gasteiger partial charge on any atom is 0.162 e. The predicted octanol–water partition coefficient (Wildman–Crippen LogP) is 1.41. The zero-order chi connectivity index (χ0) is 7.56. The van der Waals surface area contributed by atoms with Crippen molar-refractivity contribution in [3.63, 3.8) is 0 Å². The summed E-state index contributed by atoms with van der Waals surface area (Å²) in [7, 11) is 1.59. The SMILES string of the molecule is COCn1nc(Br)c(Br)n1. The van der Waals surface area contributed by atoms with Crippen LogP contribution < -0.4 is 0 Å². The number of rotatable bonds is 2. The molecule has 0 spiro atoms. The van der Waals surface area contributed by atoms with E-state index < -0.39 is 0 Å². The van der Waals surface area contributed by atoms with E-state index >= 15 is 0 Å². The molecule has 0 unspecified atom stereocenters. The maximum atomic E-state index is 4.79. The second kappa shape index (κ2) is 3.45. The second-order valence-electron chi connectivity index (χ2n) is 1.57. The van der Waals surface area contributed by atoms with E-state index in [1.54, 1.807) is 7.11 Å². The van der Waals surface area contributed by atoms with Crippen molar-refractivity contribution in [2.45, 2.75) is 6.73 Å². The van der Waals surface area contributed by atoms with Gasteiger partial charge >= 0.3 is 0 Å². The highest BCUT2D eigenvalue weighted by molar-refractivity contribution is 9.13. The topological polar surface area (TPSA) is 39.9 Å². The van der Waals surface area contributed by atoms with E-state index in [1.807, 2.05) is 0 Å². The van der Waals surface area contributed by atoms with Crippen molar-refractivity contribution < 1.29 is 4.74 Å². The monoisotopic (exact) mass is 269 g/mol. The number of hydrogen-bond acceptors (Lipinski definition) is 3. The summed E-state index contributed by atoms with van der Waals surface area (Å²) in [5, 5.41) is 7.90. The highest BCUT2D eigenvalue weighted by Gasteiger charge is 2.02. The van der Waals surface area contributed by atoms with E-state index in [4.69, 9.17) is 4.74 Å². The van der Waals surface area contributed by atoms with Crippen molar-refractivity contribution in [2.24, 2.45) is 0 Å². The van der Waals surface area contributed by atoms with Crippen molar-refractivity contribution in [3.05, 3.63) is 9.21 Å². The third-order valence-corrected chi connectivity index (χ3v) is 2.42.